The molecule has 0 fully saturated rings. The third kappa shape index (κ3) is 4.10. The standard InChI is InChI=1S/C24H22N4O2S2/c1-15-7-8-21-16(11-15)12-22(32-21)23-26-27-24(30-23)31-14-20(29)18-13-28(10-4-9-25)19-6-3-2-5-17(18)19/h2-3,5-6,12-13,15H,4,7-8,10-11,14H2,1H3/t15-/m1/s1. The van der Waals surface area contributed by atoms with Gasteiger partial charge in [-0.15, -0.1) is 21.5 Å². The van der Waals surface area contributed by atoms with Crippen LogP contribution in [0.15, 0.2) is 46.2 Å². The van der Waals surface area contributed by atoms with Crippen LogP contribution < -0.4 is 0 Å². The van der Waals surface area contributed by atoms with Crippen molar-refractivity contribution >= 4 is 39.8 Å². The average molecular weight is 463 g/mol. The van der Waals surface area contributed by atoms with E-state index in [4.69, 9.17) is 9.68 Å². The highest BCUT2D eigenvalue weighted by Gasteiger charge is 2.22. The second kappa shape index (κ2) is 8.93. The molecule has 3 heterocycles. The van der Waals surface area contributed by atoms with Gasteiger partial charge in [-0.25, -0.2) is 0 Å². The zero-order valence-electron chi connectivity index (χ0n) is 17.7. The molecule has 162 valence electrons. The minimum absolute atomic E-state index is 0.00207. The van der Waals surface area contributed by atoms with E-state index in [0.29, 0.717) is 29.6 Å². The summed E-state index contributed by atoms with van der Waals surface area (Å²) in [7, 11) is 0. The van der Waals surface area contributed by atoms with Crippen molar-refractivity contribution in [2.24, 2.45) is 5.92 Å². The molecular weight excluding hydrogens is 440 g/mol. The van der Waals surface area contributed by atoms with E-state index in [9.17, 15) is 4.79 Å². The van der Waals surface area contributed by atoms with Crippen molar-refractivity contribution < 1.29 is 9.21 Å². The van der Waals surface area contributed by atoms with Crippen LogP contribution in [0.1, 0.15) is 40.6 Å². The number of fused-ring (bicyclic) bond motifs is 2. The van der Waals surface area contributed by atoms with Crippen molar-refractivity contribution in [3.8, 4) is 16.8 Å². The van der Waals surface area contributed by atoms with Gasteiger partial charge in [0, 0.05) is 34.1 Å². The van der Waals surface area contributed by atoms with Crippen molar-refractivity contribution in [2.45, 2.75) is 44.4 Å². The third-order valence-corrected chi connectivity index (χ3v) is 7.87. The number of carbonyl (C=O) groups is 1. The molecule has 1 aromatic carbocycles. The molecule has 5 rings (SSSR count). The van der Waals surface area contributed by atoms with Crippen LogP contribution in [0.2, 0.25) is 0 Å². The maximum absolute atomic E-state index is 13.0. The van der Waals surface area contributed by atoms with Crippen molar-refractivity contribution in [3.05, 3.63) is 52.5 Å². The molecule has 0 spiro atoms. The molecule has 0 radical (unpaired) electrons. The first-order valence-corrected chi connectivity index (χ1v) is 12.5. The molecule has 0 aliphatic heterocycles. The zero-order chi connectivity index (χ0) is 22.1. The van der Waals surface area contributed by atoms with Gasteiger partial charge in [-0.3, -0.25) is 4.79 Å². The van der Waals surface area contributed by atoms with E-state index in [1.54, 1.807) is 11.3 Å². The summed E-state index contributed by atoms with van der Waals surface area (Å²) >= 11 is 3.00. The number of thioether (sulfide) groups is 1. The Bertz CT molecular complexity index is 1330. The van der Waals surface area contributed by atoms with Gasteiger partial charge in [0.1, 0.15) is 0 Å². The maximum atomic E-state index is 13.0. The number of hydrogen-bond donors (Lipinski definition) is 0. The topological polar surface area (TPSA) is 84.7 Å². The summed E-state index contributed by atoms with van der Waals surface area (Å²) in [6.07, 6.45) is 5.70. The Morgan fingerprint density at radius 2 is 2.25 bits per heavy atom. The molecule has 1 atom stereocenters. The number of aromatic nitrogens is 3. The fraction of sp³-hybridized carbons (Fsp3) is 0.333. The molecule has 32 heavy (non-hydrogen) atoms. The zero-order valence-corrected chi connectivity index (χ0v) is 19.3. The highest BCUT2D eigenvalue weighted by atomic mass is 32.2. The molecule has 8 heteroatoms. The van der Waals surface area contributed by atoms with Crippen molar-refractivity contribution in [2.75, 3.05) is 5.75 Å². The minimum Gasteiger partial charge on any atom is -0.410 e. The lowest BCUT2D eigenvalue weighted by Gasteiger charge is -2.16. The van der Waals surface area contributed by atoms with E-state index in [2.05, 4.69) is 29.3 Å². The molecule has 4 aromatic rings. The number of para-hydroxylation sites is 1. The monoisotopic (exact) mass is 462 g/mol. The van der Waals surface area contributed by atoms with Gasteiger partial charge < -0.3 is 8.98 Å². The van der Waals surface area contributed by atoms with E-state index in [1.165, 1.54) is 28.6 Å². The summed E-state index contributed by atoms with van der Waals surface area (Å²) in [5.74, 6) is 1.46. The number of nitriles is 1. The molecule has 0 saturated heterocycles. The van der Waals surface area contributed by atoms with Gasteiger partial charge in [-0.05, 0) is 42.9 Å². The molecule has 1 aliphatic rings. The number of hydrogen-bond acceptors (Lipinski definition) is 7. The number of rotatable bonds is 7. The predicted octanol–water partition coefficient (Wildman–Crippen LogP) is 5.77. The normalized spacial score (nSPS) is 15.6. The van der Waals surface area contributed by atoms with Gasteiger partial charge in [0.25, 0.3) is 11.1 Å². The van der Waals surface area contributed by atoms with Gasteiger partial charge in [-0.1, -0.05) is 36.9 Å². The Hall–Kier alpha value is -2.89. The fourth-order valence-electron chi connectivity index (χ4n) is 4.21. The number of thiophene rings is 1. The molecular formula is C24H22N4O2S2. The van der Waals surface area contributed by atoms with Gasteiger partial charge in [0.15, 0.2) is 5.78 Å². The van der Waals surface area contributed by atoms with Crippen molar-refractivity contribution in [1.82, 2.24) is 14.8 Å². The number of aryl methyl sites for hydroxylation is 2. The largest absolute Gasteiger partial charge is 0.410 e. The molecule has 0 unspecified atom stereocenters. The predicted molar refractivity (Wildman–Crippen MR) is 126 cm³/mol. The molecule has 3 aromatic heterocycles. The van der Waals surface area contributed by atoms with Crippen LogP contribution in [0.5, 0.6) is 0 Å². The first-order valence-electron chi connectivity index (χ1n) is 10.7. The lowest BCUT2D eigenvalue weighted by Crippen LogP contribution is -2.07. The highest BCUT2D eigenvalue weighted by molar-refractivity contribution is 7.99. The number of nitrogens with zero attached hydrogens (tertiary/aromatic N) is 4. The molecule has 1 aliphatic carbocycles. The summed E-state index contributed by atoms with van der Waals surface area (Å²) < 4.78 is 7.84. The molecule has 0 amide bonds. The Kier molecular flexibility index (Phi) is 5.85. The molecule has 6 nitrogen and oxygen atoms in total. The first-order chi connectivity index (χ1) is 15.6. The lowest BCUT2D eigenvalue weighted by atomic mass is 9.90. The van der Waals surface area contributed by atoms with Crippen LogP contribution in [-0.2, 0) is 19.4 Å². The average Bonchev–Trinajstić information content (AvgIpc) is 3.52. The van der Waals surface area contributed by atoms with Gasteiger partial charge in [0.2, 0.25) is 0 Å². The Morgan fingerprint density at radius 3 is 3.12 bits per heavy atom. The summed E-state index contributed by atoms with van der Waals surface area (Å²) in [6.45, 7) is 2.85. The van der Waals surface area contributed by atoms with E-state index < -0.39 is 0 Å². The van der Waals surface area contributed by atoms with Gasteiger partial charge in [0.05, 0.1) is 23.1 Å². The van der Waals surface area contributed by atoms with Crippen LogP contribution >= 0.6 is 23.1 Å². The van der Waals surface area contributed by atoms with Gasteiger partial charge in [-0.2, -0.15) is 5.26 Å². The third-order valence-electron chi connectivity index (χ3n) is 5.83. The Balaban J connectivity index is 1.30. The van der Waals surface area contributed by atoms with E-state index in [-0.39, 0.29) is 11.5 Å². The van der Waals surface area contributed by atoms with E-state index >= 15 is 0 Å². The first kappa shape index (κ1) is 21.0. The number of ketones is 1. The summed E-state index contributed by atoms with van der Waals surface area (Å²) in [5, 5.41) is 18.6. The number of benzene rings is 1. The van der Waals surface area contributed by atoms with Crippen molar-refractivity contribution in [1.29, 1.82) is 5.26 Å². The highest BCUT2D eigenvalue weighted by Crippen LogP contribution is 2.37. The van der Waals surface area contributed by atoms with Crippen LogP contribution in [-0.4, -0.2) is 26.3 Å². The smallest absolute Gasteiger partial charge is 0.277 e. The van der Waals surface area contributed by atoms with Crippen LogP contribution in [0.3, 0.4) is 0 Å². The quantitative estimate of drug-likeness (QED) is 0.256. The lowest BCUT2D eigenvalue weighted by molar-refractivity contribution is 0.102. The summed E-state index contributed by atoms with van der Waals surface area (Å²) in [4.78, 5) is 15.4. The van der Waals surface area contributed by atoms with Crippen molar-refractivity contribution in [3.63, 3.8) is 0 Å². The maximum Gasteiger partial charge on any atom is 0.277 e. The Labute approximate surface area is 194 Å². The minimum atomic E-state index is 0.00207. The molecule has 0 N–H and O–H groups in total. The second-order valence-corrected chi connectivity index (χ2v) is 10.2. The number of carbonyl (C=O) groups excluding carboxylic acids is 1. The molecule has 0 saturated carbocycles. The second-order valence-electron chi connectivity index (χ2n) is 8.15. The Morgan fingerprint density at radius 1 is 1.38 bits per heavy atom. The summed E-state index contributed by atoms with van der Waals surface area (Å²) in [5.41, 5.74) is 3.03. The van der Waals surface area contributed by atoms with E-state index in [1.807, 2.05) is 35.0 Å². The van der Waals surface area contributed by atoms with Crippen LogP contribution in [0.4, 0.5) is 0 Å². The summed E-state index contributed by atoms with van der Waals surface area (Å²) in [6, 6.07) is 12.1. The molecule has 0 bridgehead atoms. The SMILES string of the molecule is C[C@@H]1CCc2sc(-c3nnc(SCC(=O)c4cn(CCC#N)c5ccccc45)o3)cc2C1. The van der Waals surface area contributed by atoms with Crippen LogP contribution in [0, 0.1) is 17.2 Å². The number of Topliss-reactive ketones (excluding diaryl/α,β-unsaturated/α-hetero) is 1. The van der Waals surface area contributed by atoms with Crippen LogP contribution in [0.25, 0.3) is 21.7 Å². The van der Waals surface area contributed by atoms with Gasteiger partial charge >= 0.3 is 0 Å². The fourth-order valence-corrected chi connectivity index (χ4v) is 5.98. The van der Waals surface area contributed by atoms with E-state index in [0.717, 1.165) is 34.5 Å².